The van der Waals surface area contributed by atoms with E-state index in [0.29, 0.717) is 6.42 Å². The number of benzene rings is 1. The summed E-state index contributed by atoms with van der Waals surface area (Å²) in [6, 6.07) is 8.29. The zero-order valence-electron chi connectivity index (χ0n) is 13.7. The Morgan fingerprint density at radius 3 is 2.73 bits per heavy atom. The molecule has 0 saturated heterocycles. The number of nitrogens with one attached hydrogen (secondary N) is 2. The second kappa shape index (κ2) is 9.29. The second-order valence-electron chi connectivity index (χ2n) is 5.98. The molecule has 0 unspecified atom stereocenters. The molecule has 120 valence electrons. The molecule has 0 aliphatic carbocycles. The minimum atomic E-state index is 0.190. The van der Waals surface area contributed by atoms with Gasteiger partial charge in [-0.15, -0.1) is 0 Å². The van der Waals surface area contributed by atoms with E-state index in [1.54, 1.807) is 0 Å². The fourth-order valence-corrected chi connectivity index (χ4v) is 2.83. The van der Waals surface area contributed by atoms with Gasteiger partial charge >= 0.3 is 0 Å². The lowest BCUT2D eigenvalue weighted by Crippen LogP contribution is -2.25. The van der Waals surface area contributed by atoms with Gasteiger partial charge in [-0.05, 0) is 24.5 Å². The first-order valence-corrected chi connectivity index (χ1v) is 8.63. The summed E-state index contributed by atoms with van der Waals surface area (Å²) in [7, 11) is 0. The van der Waals surface area contributed by atoms with Crippen molar-refractivity contribution >= 4 is 16.8 Å². The number of fused-ring (bicyclic) bond motifs is 1. The van der Waals surface area contributed by atoms with Gasteiger partial charge in [-0.1, -0.05) is 57.2 Å². The molecule has 0 spiro atoms. The van der Waals surface area contributed by atoms with Gasteiger partial charge in [0.2, 0.25) is 5.91 Å². The van der Waals surface area contributed by atoms with E-state index in [-0.39, 0.29) is 5.91 Å². The van der Waals surface area contributed by atoms with E-state index >= 15 is 0 Å². The number of amides is 1. The lowest BCUT2D eigenvalue weighted by Gasteiger charge is -2.05. The molecular formula is C19H28N2O. The predicted molar refractivity (Wildman–Crippen MR) is 93.0 cm³/mol. The van der Waals surface area contributed by atoms with E-state index in [0.717, 1.165) is 24.9 Å². The summed E-state index contributed by atoms with van der Waals surface area (Å²) in [4.78, 5) is 15.1. The van der Waals surface area contributed by atoms with Crippen LogP contribution in [-0.2, 0) is 11.2 Å². The number of rotatable bonds is 10. The average molecular weight is 300 g/mol. The monoisotopic (exact) mass is 300 g/mol. The van der Waals surface area contributed by atoms with Crippen molar-refractivity contribution in [1.29, 1.82) is 0 Å². The van der Waals surface area contributed by atoms with E-state index in [1.807, 2.05) is 12.3 Å². The summed E-state index contributed by atoms with van der Waals surface area (Å²) in [6.07, 6.45) is 10.9. The molecule has 3 nitrogen and oxygen atoms in total. The number of aromatic amines is 1. The van der Waals surface area contributed by atoms with Gasteiger partial charge in [0.25, 0.3) is 0 Å². The second-order valence-corrected chi connectivity index (χ2v) is 5.98. The highest BCUT2D eigenvalue weighted by Gasteiger charge is 2.04. The van der Waals surface area contributed by atoms with Crippen LogP contribution in [0.4, 0.5) is 0 Å². The summed E-state index contributed by atoms with van der Waals surface area (Å²) in [5.74, 6) is 0.190. The Morgan fingerprint density at radius 2 is 1.86 bits per heavy atom. The molecule has 1 aromatic heterocycles. The number of para-hydroxylation sites is 1. The molecule has 0 atom stereocenters. The highest BCUT2D eigenvalue weighted by molar-refractivity contribution is 5.83. The maximum absolute atomic E-state index is 11.8. The number of hydrogen-bond donors (Lipinski definition) is 2. The average Bonchev–Trinajstić information content (AvgIpc) is 2.94. The molecule has 1 amide bonds. The minimum Gasteiger partial charge on any atom is -0.361 e. The highest BCUT2D eigenvalue weighted by atomic mass is 16.1. The Labute approximate surface area is 133 Å². The number of hydrogen-bond acceptors (Lipinski definition) is 1. The number of unbranched alkanes of at least 4 members (excludes halogenated alkanes) is 5. The van der Waals surface area contributed by atoms with Crippen LogP contribution in [-0.4, -0.2) is 17.4 Å². The van der Waals surface area contributed by atoms with Crippen molar-refractivity contribution in [2.45, 2.75) is 58.3 Å². The smallest absolute Gasteiger partial charge is 0.220 e. The van der Waals surface area contributed by atoms with Crippen LogP contribution < -0.4 is 5.32 Å². The summed E-state index contributed by atoms with van der Waals surface area (Å²) in [5.41, 5.74) is 2.44. The lowest BCUT2D eigenvalue weighted by atomic mass is 10.1. The van der Waals surface area contributed by atoms with Crippen molar-refractivity contribution in [2.75, 3.05) is 6.54 Å². The molecule has 1 heterocycles. The van der Waals surface area contributed by atoms with Crippen LogP contribution in [0.5, 0.6) is 0 Å². The van der Waals surface area contributed by atoms with Crippen molar-refractivity contribution in [3.63, 3.8) is 0 Å². The van der Waals surface area contributed by atoms with Gasteiger partial charge in [-0.3, -0.25) is 4.79 Å². The fourth-order valence-electron chi connectivity index (χ4n) is 2.83. The SMILES string of the molecule is CCCCCCCCC(=O)NCCc1c[nH]c2ccccc12. The molecule has 2 N–H and O–H groups in total. The topological polar surface area (TPSA) is 44.9 Å². The third-order valence-corrected chi connectivity index (χ3v) is 4.15. The van der Waals surface area contributed by atoms with E-state index in [4.69, 9.17) is 0 Å². The van der Waals surface area contributed by atoms with Gasteiger partial charge in [0.1, 0.15) is 0 Å². The number of carbonyl (C=O) groups excluding carboxylic acids is 1. The quantitative estimate of drug-likeness (QED) is 0.620. The Bertz CT molecular complexity index is 574. The fraction of sp³-hybridized carbons (Fsp3) is 0.526. The maximum Gasteiger partial charge on any atom is 0.220 e. The first-order chi connectivity index (χ1) is 10.8. The molecule has 0 saturated carbocycles. The van der Waals surface area contributed by atoms with E-state index in [2.05, 4.69) is 35.4 Å². The van der Waals surface area contributed by atoms with Crippen molar-refractivity contribution in [3.8, 4) is 0 Å². The Balaban J connectivity index is 1.61. The largest absolute Gasteiger partial charge is 0.361 e. The lowest BCUT2D eigenvalue weighted by molar-refractivity contribution is -0.121. The molecule has 0 bridgehead atoms. The molecule has 1 aromatic carbocycles. The number of carbonyl (C=O) groups is 1. The van der Waals surface area contributed by atoms with Gasteiger partial charge in [-0.2, -0.15) is 0 Å². The summed E-state index contributed by atoms with van der Waals surface area (Å²) in [5, 5.41) is 4.29. The Hall–Kier alpha value is -1.77. The van der Waals surface area contributed by atoms with Crippen LogP contribution in [0.3, 0.4) is 0 Å². The molecule has 2 aromatic rings. The Morgan fingerprint density at radius 1 is 1.09 bits per heavy atom. The van der Waals surface area contributed by atoms with Crippen LogP contribution in [0.2, 0.25) is 0 Å². The molecule has 2 rings (SSSR count). The van der Waals surface area contributed by atoms with Crippen LogP contribution in [0.15, 0.2) is 30.5 Å². The van der Waals surface area contributed by atoms with Crippen molar-refractivity contribution in [3.05, 3.63) is 36.0 Å². The zero-order chi connectivity index (χ0) is 15.6. The van der Waals surface area contributed by atoms with Crippen molar-refractivity contribution in [2.24, 2.45) is 0 Å². The van der Waals surface area contributed by atoms with Crippen molar-refractivity contribution in [1.82, 2.24) is 10.3 Å². The summed E-state index contributed by atoms with van der Waals surface area (Å²) < 4.78 is 0. The van der Waals surface area contributed by atoms with E-state index in [1.165, 1.54) is 43.1 Å². The third-order valence-electron chi connectivity index (χ3n) is 4.15. The van der Waals surface area contributed by atoms with Crippen LogP contribution >= 0.6 is 0 Å². The van der Waals surface area contributed by atoms with Crippen LogP contribution in [0.1, 0.15) is 57.4 Å². The summed E-state index contributed by atoms with van der Waals surface area (Å²) in [6.45, 7) is 2.94. The van der Waals surface area contributed by atoms with Gasteiger partial charge in [0.15, 0.2) is 0 Å². The summed E-state index contributed by atoms with van der Waals surface area (Å²) >= 11 is 0. The molecule has 3 heteroatoms. The maximum atomic E-state index is 11.8. The van der Waals surface area contributed by atoms with Gasteiger partial charge < -0.3 is 10.3 Å². The molecule has 22 heavy (non-hydrogen) atoms. The standard InChI is InChI=1S/C19H28N2O/c1-2-3-4-5-6-7-12-19(22)20-14-13-16-15-21-18-11-9-8-10-17(16)18/h8-11,15,21H,2-7,12-14H2,1H3,(H,20,22). The Kier molecular flexibility index (Phi) is 7.01. The third kappa shape index (κ3) is 5.21. The van der Waals surface area contributed by atoms with Gasteiger partial charge in [0.05, 0.1) is 0 Å². The van der Waals surface area contributed by atoms with Gasteiger partial charge in [0, 0.05) is 30.1 Å². The van der Waals surface area contributed by atoms with Crippen LogP contribution in [0.25, 0.3) is 10.9 Å². The normalized spacial score (nSPS) is 11.0. The molecular weight excluding hydrogens is 272 g/mol. The number of aromatic nitrogens is 1. The first kappa shape index (κ1) is 16.6. The number of H-pyrrole nitrogens is 1. The molecule has 0 aliphatic heterocycles. The molecule has 0 radical (unpaired) electrons. The van der Waals surface area contributed by atoms with E-state index in [9.17, 15) is 4.79 Å². The predicted octanol–water partition coefficient (Wildman–Crippen LogP) is 4.58. The first-order valence-electron chi connectivity index (χ1n) is 8.63. The minimum absolute atomic E-state index is 0.190. The van der Waals surface area contributed by atoms with Crippen LogP contribution in [0, 0.1) is 0 Å². The van der Waals surface area contributed by atoms with Gasteiger partial charge in [-0.25, -0.2) is 0 Å². The highest BCUT2D eigenvalue weighted by Crippen LogP contribution is 2.17. The zero-order valence-corrected chi connectivity index (χ0v) is 13.7. The van der Waals surface area contributed by atoms with Crippen molar-refractivity contribution < 1.29 is 4.79 Å². The molecule has 0 fully saturated rings. The van der Waals surface area contributed by atoms with E-state index < -0.39 is 0 Å². The molecule has 0 aliphatic rings.